The molecule has 0 amide bonds. The van der Waals surface area contributed by atoms with Crippen LogP contribution in [0.3, 0.4) is 0 Å². The molecule has 3 heteroatoms. The van der Waals surface area contributed by atoms with Gasteiger partial charge in [0.2, 0.25) is 0 Å². The van der Waals surface area contributed by atoms with E-state index < -0.39 is 0 Å². The number of hydrogen-bond donors (Lipinski definition) is 0. The first-order chi connectivity index (χ1) is 9.19. The van der Waals surface area contributed by atoms with Gasteiger partial charge < -0.3 is 4.74 Å². The Morgan fingerprint density at radius 3 is 2.89 bits per heavy atom. The quantitative estimate of drug-likeness (QED) is 0.779. The number of nitrogens with zero attached hydrogens (tertiary/aromatic N) is 1. The zero-order valence-electron chi connectivity index (χ0n) is 12.0. The number of halogens is 1. The van der Waals surface area contributed by atoms with Crippen molar-refractivity contribution in [3.8, 4) is 0 Å². The van der Waals surface area contributed by atoms with E-state index in [2.05, 4.69) is 52.9 Å². The smallest absolute Gasteiger partial charge is 0.0702 e. The molecule has 0 N–H and O–H groups in total. The number of ether oxygens (including phenoxy) is 1. The molecular formula is C16H24BrNO. The van der Waals surface area contributed by atoms with E-state index >= 15 is 0 Å². The van der Waals surface area contributed by atoms with Gasteiger partial charge in [0, 0.05) is 24.2 Å². The Hall–Kier alpha value is -0.380. The largest absolute Gasteiger partial charge is 0.377 e. The molecule has 1 aliphatic heterocycles. The zero-order valence-corrected chi connectivity index (χ0v) is 13.6. The molecule has 1 aliphatic rings. The SMILES string of the molecule is CCCN(Cc1ccc(C)cc1Br)CC1CCCO1. The summed E-state index contributed by atoms with van der Waals surface area (Å²) in [4.78, 5) is 2.52. The summed E-state index contributed by atoms with van der Waals surface area (Å²) in [6.07, 6.45) is 4.07. The van der Waals surface area contributed by atoms with E-state index in [1.165, 1.54) is 34.9 Å². The lowest BCUT2D eigenvalue weighted by Gasteiger charge is -2.25. The van der Waals surface area contributed by atoms with Gasteiger partial charge in [0.05, 0.1) is 6.10 Å². The summed E-state index contributed by atoms with van der Waals surface area (Å²) < 4.78 is 6.99. The third-order valence-corrected chi connectivity index (χ3v) is 4.37. The summed E-state index contributed by atoms with van der Waals surface area (Å²) in [7, 11) is 0. The van der Waals surface area contributed by atoms with Gasteiger partial charge in [-0.05, 0) is 49.9 Å². The first-order valence-electron chi connectivity index (χ1n) is 7.28. The third-order valence-electron chi connectivity index (χ3n) is 3.63. The highest BCUT2D eigenvalue weighted by Crippen LogP contribution is 2.21. The average Bonchev–Trinajstić information content (AvgIpc) is 2.86. The van der Waals surface area contributed by atoms with Gasteiger partial charge in [-0.15, -0.1) is 0 Å². The van der Waals surface area contributed by atoms with Crippen molar-refractivity contribution in [1.29, 1.82) is 0 Å². The fourth-order valence-electron chi connectivity index (χ4n) is 2.65. The van der Waals surface area contributed by atoms with Crippen LogP contribution in [0, 0.1) is 6.92 Å². The van der Waals surface area contributed by atoms with E-state index in [0.717, 1.165) is 26.2 Å². The molecule has 19 heavy (non-hydrogen) atoms. The Kier molecular flexibility index (Phi) is 5.86. The molecule has 0 saturated carbocycles. The van der Waals surface area contributed by atoms with E-state index in [4.69, 9.17) is 4.74 Å². The van der Waals surface area contributed by atoms with Crippen LogP contribution in [-0.2, 0) is 11.3 Å². The highest BCUT2D eigenvalue weighted by Gasteiger charge is 2.19. The molecule has 0 spiro atoms. The standard InChI is InChI=1S/C16H24BrNO/c1-3-8-18(12-15-5-4-9-19-15)11-14-7-6-13(2)10-16(14)17/h6-7,10,15H,3-5,8-9,11-12H2,1-2H3. The average molecular weight is 326 g/mol. The molecule has 106 valence electrons. The van der Waals surface area contributed by atoms with Gasteiger partial charge in [-0.2, -0.15) is 0 Å². The zero-order chi connectivity index (χ0) is 13.7. The van der Waals surface area contributed by atoms with Crippen LogP contribution >= 0.6 is 15.9 Å². The number of aryl methyl sites for hydroxylation is 1. The van der Waals surface area contributed by atoms with Crippen molar-refractivity contribution in [3.05, 3.63) is 33.8 Å². The molecule has 1 aromatic carbocycles. The maximum atomic E-state index is 5.76. The van der Waals surface area contributed by atoms with Gasteiger partial charge in [-0.25, -0.2) is 0 Å². The number of hydrogen-bond acceptors (Lipinski definition) is 2. The predicted octanol–water partition coefficient (Wildman–Crippen LogP) is 4.15. The normalized spacial score (nSPS) is 19.3. The highest BCUT2D eigenvalue weighted by molar-refractivity contribution is 9.10. The molecule has 1 heterocycles. The summed E-state index contributed by atoms with van der Waals surface area (Å²) in [5.74, 6) is 0. The van der Waals surface area contributed by atoms with Crippen molar-refractivity contribution >= 4 is 15.9 Å². The topological polar surface area (TPSA) is 12.5 Å². The minimum atomic E-state index is 0.441. The van der Waals surface area contributed by atoms with Gasteiger partial charge in [-0.3, -0.25) is 4.90 Å². The number of benzene rings is 1. The second kappa shape index (κ2) is 7.41. The lowest BCUT2D eigenvalue weighted by atomic mass is 10.1. The van der Waals surface area contributed by atoms with E-state index in [9.17, 15) is 0 Å². The Labute approximate surface area is 125 Å². The monoisotopic (exact) mass is 325 g/mol. The fourth-order valence-corrected chi connectivity index (χ4v) is 3.27. The van der Waals surface area contributed by atoms with Crippen LogP contribution in [0.2, 0.25) is 0 Å². The van der Waals surface area contributed by atoms with Gasteiger partial charge in [0.25, 0.3) is 0 Å². The molecular weight excluding hydrogens is 302 g/mol. The van der Waals surface area contributed by atoms with Crippen LogP contribution in [0.4, 0.5) is 0 Å². The van der Waals surface area contributed by atoms with Crippen molar-refractivity contribution in [2.45, 2.75) is 45.8 Å². The Morgan fingerprint density at radius 2 is 2.26 bits per heavy atom. The van der Waals surface area contributed by atoms with Crippen molar-refractivity contribution in [3.63, 3.8) is 0 Å². The molecule has 1 fully saturated rings. The second-order valence-electron chi connectivity index (χ2n) is 5.47. The van der Waals surface area contributed by atoms with Crippen LogP contribution in [0.1, 0.15) is 37.3 Å². The van der Waals surface area contributed by atoms with Gasteiger partial charge in [0.15, 0.2) is 0 Å². The van der Waals surface area contributed by atoms with Crippen molar-refractivity contribution < 1.29 is 4.74 Å². The lowest BCUT2D eigenvalue weighted by molar-refractivity contribution is 0.0705. The predicted molar refractivity (Wildman–Crippen MR) is 83.4 cm³/mol. The minimum Gasteiger partial charge on any atom is -0.377 e. The van der Waals surface area contributed by atoms with Crippen LogP contribution in [-0.4, -0.2) is 30.7 Å². The van der Waals surface area contributed by atoms with E-state index in [0.29, 0.717) is 6.10 Å². The molecule has 1 atom stereocenters. The third kappa shape index (κ3) is 4.59. The van der Waals surface area contributed by atoms with Crippen molar-refractivity contribution in [2.75, 3.05) is 19.7 Å². The van der Waals surface area contributed by atoms with Crippen LogP contribution in [0.5, 0.6) is 0 Å². The van der Waals surface area contributed by atoms with Gasteiger partial charge in [-0.1, -0.05) is 35.0 Å². The summed E-state index contributed by atoms with van der Waals surface area (Å²) in [5, 5.41) is 0. The molecule has 0 aliphatic carbocycles. The Bertz CT molecular complexity index is 402. The molecule has 1 unspecified atom stereocenters. The Morgan fingerprint density at radius 1 is 1.42 bits per heavy atom. The first kappa shape index (κ1) is 15.0. The van der Waals surface area contributed by atoms with Crippen molar-refractivity contribution in [1.82, 2.24) is 4.90 Å². The molecule has 2 nitrogen and oxygen atoms in total. The molecule has 1 saturated heterocycles. The fraction of sp³-hybridized carbons (Fsp3) is 0.625. The van der Waals surface area contributed by atoms with E-state index in [1.807, 2.05) is 0 Å². The molecule has 0 aromatic heterocycles. The minimum absolute atomic E-state index is 0.441. The molecule has 0 radical (unpaired) electrons. The second-order valence-corrected chi connectivity index (χ2v) is 6.32. The first-order valence-corrected chi connectivity index (χ1v) is 8.07. The van der Waals surface area contributed by atoms with Crippen LogP contribution in [0.15, 0.2) is 22.7 Å². The molecule has 2 rings (SSSR count). The maximum Gasteiger partial charge on any atom is 0.0702 e. The van der Waals surface area contributed by atoms with E-state index in [1.54, 1.807) is 0 Å². The maximum absolute atomic E-state index is 5.76. The van der Waals surface area contributed by atoms with Gasteiger partial charge in [0.1, 0.15) is 0 Å². The lowest BCUT2D eigenvalue weighted by Crippen LogP contribution is -2.32. The summed E-state index contributed by atoms with van der Waals surface area (Å²) in [6.45, 7) is 8.53. The number of rotatable bonds is 6. The molecule has 0 bridgehead atoms. The summed E-state index contributed by atoms with van der Waals surface area (Å²) in [5.41, 5.74) is 2.67. The molecule has 1 aromatic rings. The van der Waals surface area contributed by atoms with Gasteiger partial charge >= 0.3 is 0 Å². The summed E-state index contributed by atoms with van der Waals surface area (Å²) >= 11 is 3.68. The van der Waals surface area contributed by atoms with Crippen LogP contribution in [0.25, 0.3) is 0 Å². The summed E-state index contributed by atoms with van der Waals surface area (Å²) in [6, 6.07) is 6.62. The highest BCUT2D eigenvalue weighted by atomic mass is 79.9. The Balaban J connectivity index is 1.98. The van der Waals surface area contributed by atoms with Crippen LogP contribution < -0.4 is 0 Å². The van der Waals surface area contributed by atoms with Crippen molar-refractivity contribution in [2.24, 2.45) is 0 Å². The van der Waals surface area contributed by atoms with E-state index in [-0.39, 0.29) is 0 Å².